The van der Waals surface area contributed by atoms with Crippen LogP contribution in [0.1, 0.15) is 51.4 Å². The Kier molecular flexibility index (Phi) is 6.24. The number of likely N-dealkylation sites (tertiary alicyclic amines) is 1. The SMILES string of the molecule is CC1(C)COB(c2ccc(C(=O)OC3CCN(C(=O)OC(C)(C)C)C3)cc2)OC1. The summed E-state index contributed by atoms with van der Waals surface area (Å²) in [5.41, 5.74) is 0.790. The Morgan fingerprint density at radius 2 is 1.76 bits per heavy atom. The van der Waals surface area contributed by atoms with E-state index in [0.717, 1.165) is 5.46 Å². The average molecular weight is 403 g/mol. The molecule has 2 heterocycles. The van der Waals surface area contributed by atoms with Gasteiger partial charge in [-0.25, -0.2) is 9.59 Å². The molecule has 1 aromatic carbocycles. The number of carbonyl (C=O) groups is 2. The molecule has 1 aromatic rings. The lowest BCUT2D eigenvalue weighted by molar-refractivity contribution is 0.0191. The van der Waals surface area contributed by atoms with E-state index in [4.69, 9.17) is 18.8 Å². The first kappa shape index (κ1) is 21.6. The van der Waals surface area contributed by atoms with Crippen molar-refractivity contribution in [1.29, 1.82) is 0 Å². The van der Waals surface area contributed by atoms with Crippen LogP contribution in [0.2, 0.25) is 0 Å². The highest BCUT2D eigenvalue weighted by atomic mass is 16.6. The molecule has 2 fully saturated rings. The molecule has 0 aromatic heterocycles. The summed E-state index contributed by atoms with van der Waals surface area (Å²) < 4.78 is 22.5. The summed E-state index contributed by atoms with van der Waals surface area (Å²) >= 11 is 0. The van der Waals surface area contributed by atoms with Gasteiger partial charge in [-0.1, -0.05) is 26.0 Å². The molecule has 2 aliphatic heterocycles. The van der Waals surface area contributed by atoms with E-state index in [9.17, 15) is 9.59 Å². The van der Waals surface area contributed by atoms with Crippen LogP contribution in [0, 0.1) is 5.41 Å². The van der Waals surface area contributed by atoms with Crippen molar-refractivity contribution in [2.24, 2.45) is 5.41 Å². The number of ether oxygens (including phenoxy) is 2. The minimum atomic E-state index is -0.547. The molecule has 0 saturated carbocycles. The molecule has 0 aliphatic carbocycles. The van der Waals surface area contributed by atoms with Gasteiger partial charge >= 0.3 is 19.2 Å². The van der Waals surface area contributed by atoms with E-state index in [2.05, 4.69) is 13.8 Å². The maximum Gasteiger partial charge on any atom is 0.493 e. The van der Waals surface area contributed by atoms with Gasteiger partial charge in [0, 0.05) is 31.6 Å². The minimum absolute atomic E-state index is 0.00865. The fourth-order valence-corrected chi connectivity index (χ4v) is 3.20. The van der Waals surface area contributed by atoms with Crippen LogP contribution in [-0.4, -0.2) is 62.1 Å². The number of rotatable bonds is 3. The van der Waals surface area contributed by atoms with Crippen LogP contribution >= 0.6 is 0 Å². The van der Waals surface area contributed by atoms with E-state index < -0.39 is 18.7 Å². The Hall–Kier alpha value is -2.06. The summed E-state index contributed by atoms with van der Waals surface area (Å²) in [6, 6.07) is 7.07. The van der Waals surface area contributed by atoms with Crippen LogP contribution < -0.4 is 5.46 Å². The lowest BCUT2D eigenvalue weighted by Crippen LogP contribution is -2.47. The third-order valence-electron chi connectivity index (χ3n) is 4.74. The van der Waals surface area contributed by atoms with Gasteiger partial charge in [-0.05, 0) is 38.4 Å². The van der Waals surface area contributed by atoms with Gasteiger partial charge in [-0.3, -0.25) is 0 Å². The molecule has 1 amide bonds. The fraction of sp³-hybridized carbons (Fsp3) is 0.619. The molecule has 158 valence electrons. The standard InChI is InChI=1S/C21H30BNO6/c1-20(2,3)29-19(25)23-11-10-17(12-23)28-18(24)15-6-8-16(9-7-15)22-26-13-21(4,5)14-27-22/h6-9,17H,10-14H2,1-5H3. The van der Waals surface area contributed by atoms with E-state index in [0.29, 0.717) is 38.3 Å². The summed E-state index contributed by atoms with van der Waals surface area (Å²) in [5, 5.41) is 0. The monoisotopic (exact) mass is 403 g/mol. The third kappa shape index (κ3) is 5.96. The highest BCUT2D eigenvalue weighted by Crippen LogP contribution is 2.22. The van der Waals surface area contributed by atoms with Crippen LogP contribution in [0.4, 0.5) is 4.79 Å². The zero-order valence-electron chi connectivity index (χ0n) is 17.9. The molecular formula is C21H30BNO6. The first-order valence-corrected chi connectivity index (χ1v) is 10.0. The van der Waals surface area contributed by atoms with Crippen molar-refractivity contribution < 1.29 is 28.4 Å². The van der Waals surface area contributed by atoms with Crippen molar-refractivity contribution in [1.82, 2.24) is 4.90 Å². The molecule has 0 spiro atoms. The number of hydrogen-bond acceptors (Lipinski definition) is 6. The van der Waals surface area contributed by atoms with Gasteiger partial charge in [0.25, 0.3) is 0 Å². The predicted octanol–water partition coefficient (Wildman–Crippen LogP) is 2.62. The lowest BCUT2D eigenvalue weighted by Gasteiger charge is -2.33. The highest BCUT2D eigenvalue weighted by molar-refractivity contribution is 6.61. The molecule has 0 N–H and O–H groups in total. The fourth-order valence-electron chi connectivity index (χ4n) is 3.20. The number of nitrogens with zero attached hydrogens (tertiary/aromatic N) is 1. The van der Waals surface area contributed by atoms with Gasteiger partial charge in [-0.2, -0.15) is 0 Å². The van der Waals surface area contributed by atoms with Crippen molar-refractivity contribution in [2.45, 2.75) is 52.7 Å². The average Bonchev–Trinajstić information content (AvgIpc) is 3.09. The van der Waals surface area contributed by atoms with E-state index in [-0.39, 0.29) is 17.6 Å². The number of esters is 1. The summed E-state index contributed by atoms with van der Waals surface area (Å²) in [6.07, 6.45) is -0.110. The number of hydrogen-bond donors (Lipinski definition) is 0. The molecule has 8 heteroatoms. The minimum Gasteiger partial charge on any atom is -0.457 e. The summed E-state index contributed by atoms with van der Waals surface area (Å²) in [7, 11) is -0.412. The number of carbonyl (C=O) groups excluding carboxylic acids is 2. The van der Waals surface area contributed by atoms with Gasteiger partial charge in [-0.15, -0.1) is 0 Å². The zero-order valence-corrected chi connectivity index (χ0v) is 17.9. The van der Waals surface area contributed by atoms with E-state index in [1.807, 2.05) is 32.9 Å². The molecular weight excluding hydrogens is 373 g/mol. The van der Waals surface area contributed by atoms with Gasteiger partial charge in [0.05, 0.1) is 12.1 Å². The van der Waals surface area contributed by atoms with Gasteiger partial charge in [0.15, 0.2) is 0 Å². The van der Waals surface area contributed by atoms with Gasteiger partial charge < -0.3 is 23.7 Å². The van der Waals surface area contributed by atoms with E-state index >= 15 is 0 Å². The maximum atomic E-state index is 12.5. The number of amides is 1. The molecule has 29 heavy (non-hydrogen) atoms. The van der Waals surface area contributed by atoms with Crippen LogP contribution in [-0.2, 0) is 18.8 Å². The Balaban J connectivity index is 1.51. The topological polar surface area (TPSA) is 74.3 Å². The Labute approximate surface area is 172 Å². The zero-order chi connectivity index (χ0) is 21.2. The van der Waals surface area contributed by atoms with Crippen LogP contribution in [0.3, 0.4) is 0 Å². The quantitative estimate of drug-likeness (QED) is 0.571. The highest BCUT2D eigenvalue weighted by Gasteiger charge is 2.34. The molecule has 1 atom stereocenters. The van der Waals surface area contributed by atoms with Crippen molar-refractivity contribution in [3.63, 3.8) is 0 Å². The lowest BCUT2D eigenvalue weighted by atomic mass is 9.76. The molecule has 3 rings (SSSR count). The first-order chi connectivity index (χ1) is 13.5. The Bertz CT molecular complexity index is 733. The summed E-state index contributed by atoms with van der Waals surface area (Å²) in [4.78, 5) is 26.2. The van der Waals surface area contributed by atoms with Crippen molar-refractivity contribution >= 4 is 24.6 Å². The van der Waals surface area contributed by atoms with Crippen molar-refractivity contribution in [2.75, 3.05) is 26.3 Å². The second kappa shape index (κ2) is 8.36. The summed E-state index contributed by atoms with van der Waals surface area (Å²) in [5.74, 6) is -0.404. The van der Waals surface area contributed by atoms with Crippen molar-refractivity contribution in [3.8, 4) is 0 Å². The van der Waals surface area contributed by atoms with Gasteiger partial charge in [0.1, 0.15) is 11.7 Å². The largest absolute Gasteiger partial charge is 0.493 e. The predicted molar refractivity (Wildman–Crippen MR) is 109 cm³/mol. The van der Waals surface area contributed by atoms with E-state index in [1.165, 1.54) is 0 Å². The molecule has 0 bridgehead atoms. The molecule has 0 radical (unpaired) electrons. The Morgan fingerprint density at radius 1 is 1.14 bits per heavy atom. The second-order valence-electron chi connectivity index (χ2n) is 9.48. The van der Waals surface area contributed by atoms with Crippen LogP contribution in [0.25, 0.3) is 0 Å². The molecule has 1 unspecified atom stereocenters. The van der Waals surface area contributed by atoms with E-state index in [1.54, 1.807) is 17.0 Å². The molecule has 7 nitrogen and oxygen atoms in total. The molecule has 2 aliphatic rings. The third-order valence-corrected chi connectivity index (χ3v) is 4.74. The van der Waals surface area contributed by atoms with Crippen LogP contribution in [0.5, 0.6) is 0 Å². The smallest absolute Gasteiger partial charge is 0.457 e. The van der Waals surface area contributed by atoms with Crippen LogP contribution in [0.15, 0.2) is 24.3 Å². The van der Waals surface area contributed by atoms with Gasteiger partial charge in [0.2, 0.25) is 0 Å². The Morgan fingerprint density at radius 3 is 2.34 bits per heavy atom. The normalized spacial score (nSPS) is 21.8. The van der Waals surface area contributed by atoms with Crippen molar-refractivity contribution in [3.05, 3.63) is 29.8 Å². The maximum absolute atomic E-state index is 12.5. The second-order valence-corrected chi connectivity index (χ2v) is 9.48. The number of benzene rings is 1. The summed E-state index contributed by atoms with van der Waals surface area (Å²) in [6.45, 7) is 11.8. The first-order valence-electron chi connectivity index (χ1n) is 10.0. The molecule has 2 saturated heterocycles.